The molecule has 2 aromatic heterocycles. The number of benzene rings is 2. The summed E-state index contributed by atoms with van der Waals surface area (Å²) < 4.78 is 2.06. The van der Waals surface area contributed by atoms with Crippen LogP contribution in [0, 0.1) is 11.3 Å². The van der Waals surface area contributed by atoms with Crippen molar-refractivity contribution >= 4 is 10.9 Å². The van der Waals surface area contributed by atoms with Gasteiger partial charge in [0.05, 0.1) is 23.5 Å². The number of nitriles is 1. The van der Waals surface area contributed by atoms with Crippen molar-refractivity contribution in [1.29, 1.82) is 5.26 Å². The van der Waals surface area contributed by atoms with Crippen LogP contribution in [0.15, 0.2) is 73.4 Å². The van der Waals surface area contributed by atoms with Gasteiger partial charge in [-0.2, -0.15) is 5.26 Å². The van der Waals surface area contributed by atoms with Crippen molar-refractivity contribution < 1.29 is 0 Å². The van der Waals surface area contributed by atoms with Crippen LogP contribution in [0.5, 0.6) is 0 Å². The van der Waals surface area contributed by atoms with E-state index in [0.29, 0.717) is 5.56 Å². The first-order chi connectivity index (χ1) is 12.3. The van der Waals surface area contributed by atoms with Crippen LogP contribution in [0.25, 0.3) is 10.9 Å². The van der Waals surface area contributed by atoms with Crippen molar-refractivity contribution in [2.24, 2.45) is 0 Å². The van der Waals surface area contributed by atoms with Gasteiger partial charge in [0.1, 0.15) is 0 Å². The van der Waals surface area contributed by atoms with Crippen LogP contribution in [-0.2, 0) is 13.0 Å². The smallest absolute Gasteiger partial charge is 0.0991 e. The van der Waals surface area contributed by atoms with Gasteiger partial charge >= 0.3 is 0 Å². The summed E-state index contributed by atoms with van der Waals surface area (Å²) in [5, 5.41) is 10.1. The molecule has 2 heterocycles. The van der Waals surface area contributed by atoms with E-state index < -0.39 is 0 Å². The molecule has 0 unspecified atom stereocenters. The first kappa shape index (κ1) is 15.1. The summed E-state index contributed by atoms with van der Waals surface area (Å²) in [5.74, 6) is 0. The quantitative estimate of drug-likeness (QED) is 0.571. The molecule has 4 nitrogen and oxygen atoms in total. The predicted octanol–water partition coefficient (Wildman–Crippen LogP) is 3.94. The van der Waals surface area contributed by atoms with Crippen LogP contribution < -0.4 is 0 Å². The van der Waals surface area contributed by atoms with E-state index in [9.17, 15) is 0 Å². The molecule has 120 valence electrons. The molecule has 4 rings (SSSR count). The van der Waals surface area contributed by atoms with Gasteiger partial charge in [-0.05, 0) is 53.4 Å². The van der Waals surface area contributed by atoms with Gasteiger partial charge in [-0.3, -0.25) is 4.98 Å². The summed E-state index contributed by atoms with van der Waals surface area (Å²) in [6.07, 6.45) is 8.27. The Balaban J connectivity index is 1.67. The summed E-state index contributed by atoms with van der Waals surface area (Å²) in [6, 6.07) is 18.4. The molecule has 4 heteroatoms. The highest BCUT2D eigenvalue weighted by molar-refractivity contribution is 5.82. The van der Waals surface area contributed by atoms with Crippen molar-refractivity contribution in [3.63, 3.8) is 0 Å². The molecule has 0 saturated heterocycles. The largest absolute Gasteiger partial charge is 0.333 e. The molecule has 0 N–H and O–H groups in total. The number of fused-ring (bicyclic) bond motifs is 1. The number of pyridine rings is 1. The summed E-state index contributed by atoms with van der Waals surface area (Å²) in [5.41, 5.74) is 5.34. The number of imidazole rings is 1. The molecule has 2 aromatic carbocycles. The van der Waals surface area contributed by atoms with Gasteiger partial charge < -0.3 is 4.57 Å². The van der Waals surface area contributed by atoms with Crippen LogP contribution in [0.3, 0.4) is 0 Å². The minimum Gasteiger partial charge on any atom is -0.333 e. The average molecular weight is 324 g/mol. The van der Waals surface area contributed by atoms with Crippen molar-refractivity contribution in [3.8, 4) is 6.07 Å². The van der Waals surface area contributed by atoms with Gasteiger partial charge in [-0.15, -0.1) is 0 Å². The van der Waals surface area contributed by atoms with E-state index in [1.807, 2.05) is 43.0 Å². The lowest BCUT2D eigenvalue weighted by Gasteiger charge is -2.09. The van der Waals surface area contributed by atoms with Crippen LogP contribution in [0.4, 0.5) is 0 Å². The van der Waals surface area contributed by atoms with Gasteiger partial charge in [-0.1, -0.05) is 18.2 Å². The number of hydrogen-bond acceptors (Lipinski definition) is 3. The Morgan fingerprint density at radius 3 is 2.56 bits per heavy atom. The number of hydrogen-bond donors (Lipinski definition) is 0. The Hall–Kier alpha value is -3.45. The molecule has 0 fully saturated rings. The first-order valence-electron chi connectivity index (χ1n) is 8.13. The molecule has 0 bridgehead atoms. The van der Waals surface area contributed by atoms with Crippen molar-refractivity contribution in [3.05, 3.63) is 95.7 Å². The Morgan fingerprint density at radius 2 is 1.80 bits per heavy atom. The van der Waals surface area contributed by atoms with Crippen molar-refractivity contribution in [2.75, 3.05) is 0 Å². The molecule has 0 spiro atoms. The second kappa shape index (κ2) is 6.58. The van der Waals surface area contributed by atoms with Gasteiger partial charge in [0, 0.05) is 30.5 Å². The Morgan fingerprint density at radius 1 is 0.960 bits per heavy atom. The molecule has 0 radical (unpaired) electrons. The molecule has 0 saturated carbocycles. The maximum Gasteiger partial charge on any atom is 0.0991 e. The van der Waals surface area contributed by atoms with E-state index in [1.54, 1.807) is 6.20 Å². The average Bonchev–Trinajstić information content (AvgIpc) is 3.16. The van der Waals surface area contributed by atoms with E-state index in [2.05, 4.69) is 44.9 Å². The zero-order chi connectivity index (χ0) is 17.1. The van der Waals surface area contributed by atoms with Crippen LogP contribution in [-0.4, -0.2) is 14.5 Å². The summed E-state index contributed by atoms with van der Waals surface area (Å²) in [7, 11) is 0. The third kappa shape index (κ3) is 3.26. The van der Waals surface area contributed by atoms with Crippen LogP contribution >= 0.6 is 0 Å². The van der Waals surface area contributed by atoms with Gasteiger partial charge in [0.25, 0.3) is 0 Å². The van der Waals surface area contributed by atoms with E-state index in [1.165, 1.54) is 22.1 Å². The molecule has 25 heavy (non-hydrogen) atoms. The van der Waals surface area contributed by atoms with Crippen molar-refractivity contribution in [1.82, 2.24) is 14.5 Å². The molecular weight excluding hydrogens is 308 g/mol. The highest BCUT2D eigenvalue weighted by atomic mass is 15.0. The second-order valence-corrected chi connectivity index (χ2v) is 6.04. The lowest BCUT2D eigenvalue weighted by molar-refractivity contribution is 0.802. The van der Waals surface area contributed by atoms with Gasteiger partial charge in [0.15, 0.2) is 0 Å². The fraction of sp³-hybridized carbons (Fsp3) is 0.0952. The van der Waals surface area contributed by atoms with Gasteiger partial charge in [0.2, 0.25) is 0 Å². The first-order valence-corrected chi connectivity index (χ1v) is 8.13. The second-order valence-electron chi connectivity index (χ2n) is 6.04. The van der Waals surface area contributed by atoms with Crippen molar-refractivity contribution in [2.45, 2.75) is 13.0 Å². The number of aromatic nitrogens is 3. The fourth-order valence-corrected chi connectivity index (χ4v) is 3.01. The van der Waals surface area contributed by atoms with E-state index in [-0.39, 0.29) is 0 Å². The third-order valence-corrected chi connectivity index (χ3v) is 4.30. The Bertz CT molecular complexity index is 1040. The number of nitrogens with zero attached hydrogens (tertiary/aromatic N) is 4. The summed E-state index contributed by atoms with van der Waals surface area (Å²) in [4.78, 5) is 8.59. The molecule has 0 atom stereocenters. The molecule has 0 aliphatic rings. The zero-order valence-corrected chi connectivity index (χ0v) is 13.6. The van der Waals surface area contributed by atoms with Crippen LogP contribution in [0.2, 0.25) is 0 Å². The minimum absolute atomic E-state index is 0.689. The SMILES string of the molecule is N#Cc1ccc(Cc2ccc3nccc(Cn4ccnc4)c3c2)cc1. The maximum absolute atomic E-state index is 8.91. The standard InChI is InChI=1S/C21H16N4/c22-13-17-3-1-16(2-4-17)11-18-5-6-21-20(12-18)19(7-8-24-21)14-25-10-9-23-15-25/h1-10,12,15H,11,14H2. The monoisotopic (exact) mass is 324 g/mol. The molecule has 4 aromatic rings. The highest BCUT2D eigenvalue weighted by Gasteiger charge is 2.05. The van der Waals surface area contributed by atoms with Crippen LogP contribution in [0.1, 0.15) is 22.3 Å². The lowest BCUT2D eigenvalue weighted by atomic mass is 10.00. The normalized spacial score (nSPS) is 10.7. The molecule has 0 amide bonds. The van der Waals surface area contributed by atoms with E-state index in [4.69, 9.17) is 5.26 Å². The zero-order valence-electron chi connectivity index (χ0n) is 13.6. The number of rotatable bonds is 4. The maximum atomic E-state index is 8.91. The molecule has 0 aliphatic carbocycles. The lowest BCUT2D eigenvalue weighted by Crippen LogP contribution is -1.99. The Kier molecular flexibility index (Phi) is 3.97. The minimum atomic E-state index is 0.689. The van der Waals surface area contributed by atoms with Gasteiger partial charge in [-0.25, -0.2) is 4.98 Å². The summed E-state index contributed by atoms with van der Waals surface area (Å²) in [6.45, 7) is 0.777. The third-order valence-electron chi connectivity index (χ3n) is 4.30. The topological polar surface area (TPSA) is 54.5 Å². The predicted molar refractivity (Wildman–Crippen MR) is 97.0 cm³/mol. The summed E-state index contributed by atoms with van der Waals surface area (Å²) >= 11 is 0. The molecule has 0 aliphatic heterocycles. The highest BCUT2D eigenvalue weighted by Crippen LogP contribution is 2.21. The van der Waals surface area contributed by atoms with E-state index >= 15 is 0 Å². The molecular formula is C21H16N4. The van der Waals surface area contributed by atoms with E-state index in [0.717, 1.165) is 18.5 Å². The Labute approximate surface area is 146 Å². The fourth-order valence-electron chi connectivity index (χ4n) is 3.01.